The Balaban J connectivity index is 0.000000228. The van der Waals surface area contributed by atoms with Crippen LogP contribution in [0.5, 0.6) is 0 Å². The van der Waals surface area contributed by atoms with Gasteiger partial charge in [0.25, 0.3) is 0 Å². The Kier molecular flexibility index (Phi) is 6.89. The predicted molar refractivity (Wildman–Crippen MR) is 102 cm³/mol. The highest BCUT2D eigenvalue weighted by Crippen LogP contribution is 2.21. The van der Waals surface area contributed by atoms with E-state index < -0.39 is 11.7 Å². The number of ether oxygens (including phenoxy) is 1. The summed E-state index contributed by atoms with van der Waals surface area (Å²) in [5.74, 6) is 0.223. The number of carbonyl (C=O) groups excluding carboxylic acids is 1. The summed E-state index contributed by atoms with van der Waals surface area (Å²) in [5, 5.41) is 18.1. The van der Waals surface area contributed by atoms with E-state index in [4.69, 9.17) is 9.84 Å². The molecule has 4 heteroatoms. The quantitative estimate of drug-likeness (QED) is 0.801. The van der Waals surface area contributed by atoms with E-state index in [1.54, 1.807) is 38.3 Å². The van der Waals surface area contributed by atoms with Gasteiger partial charge in [0, 0.05) is 19.1 Å². The number of methoxy groups -OCH3 is 1. The Morgan fingerprint density at radius 3 is 2.12 bits per heavy atom. The van der Waals surface area contributed by atoms with E-state index in [1.807, 2.05) is 48.5 Å². The van der Waals surface area contributed by atoms with E-state index >= 15 is 0 Å². The van der Waals surface area contributed by atoms with Crippen LogP contribution in [0.15, 0.2) is 84.7 Å². The number of hydrogen-bond acceptors (Lipinski definition) is 4. The molecule has 0 saturated heterocycles. The van der Waals surface area contributed by atoms with Gasteiger partial charge in [0.15, 0.2) is 5.78 Å². The largest absolute Gasteiger partial charge is 0.508 e. The van der Waals surface area contributed by atoms with E-state index in [-0.39, 0.29) is 11.5 Å². The molecule has 3 rings (SSSR count). The van der Waals surface area contributed by atoms with Crippen molar-refractivity contribution in [2.24, 2.45) is 0 Å². The zero-order chi connectivity index (χ0) is 19.0. The lowest BCUT2D eigenvalue weighted by Gasteiger charge is -2.19. The van der Waals surface area contributed by atoms with Crippen LogP contribution in [0.4, 0.5) is 0 Å². The number of Topliss-reactive ketones (excluding diaryl/α,β-unsaturated/α-hetero) is 1. The molecule has 2 aromatic rings. The molecule has 1 aliphatic carbocycles. The summed E-state index contributed by atoms with van der Waals surface area (Å²) >= 11 is 0. The first-order valence-corrected chi connectivity index (χ1v) is 8.41. The number of allylic oxidation sites excluding steroid dienone is 1. The minimum Gasteiger partial charge on any atom is -0.508 e. The zero-order valence-corrected chi connectivity index (χ0v) is 15.0. The Morgan fingerprint density at radius 2 is 1.65 bits per heavy atom. The molecular formula is C22H24O4. The van der Waals surface area contributed by atoms with Crippen LogP contribution in [0.2, 0.25) is 0 Å². The van der Waals surface area contributed by atoms with Crippen molar-refractivity contribution in [3.63, 3.8) is 0 Å². The molecule has 136 valence electrons. The summed E-state index contributed by atoms with van der Waals surface area (Å²) in [5.41, 5.74) is 0.790. The average Bonchev–Trinajstić information content (AvgIpc) is 2.67. The monoisotopic (exact) mass is 352 g/mol. The highest BCUT2D eigenvalue weighted by molar-refractivity contribution is 6.00. The summed E-state index contributed by atoms with van der Waals surface area (Å²) in [6, 6.07) is 18.7. The van der Waals surface area contributed by atoms with Gasteiger partial charge in [0.1, 0.15) is 11.9 Å². The second-order valence-electron chi connectivity index (χ2n) is 6.28. The smallest absolute Gasteiger partial charge is 0.196 e. The second-order valence-corrected chi connectivity index (χ2v) is 6.28. The Bertz CT molecular complexity index is 761. The minimum atomic E-state index is -0.758. The van der Waals surface area contributed by atoms with Gasteiger partial charge < -0.3 is 14.9 Å². The first-order valence-electron chi connectivity index (χ1n) is 8.41. The van der Waals surface area contributed by atoms with Crippen LogP contribution < -0.4 is 0 Å². The van der Waals surface area contributed by atoms with Crippen LogP contribution in [0.25, 0.3) is 0 Å². The van der Waals surface area contributed by atoms with E-state index in [0.717, 1.165) is 5.56 Å². The fourth-order valence-corrected chi connectivity index (χ4v) is 2.49. The van der Waals surface area contributed by atoms with Gasteiger partial charge in [-0.3, -0.25) is 4.79 Å². The molecule has 0 saturated carbocycles. The third-order valence-corrected chi connectivity index (χ3v) is 3.97. The average molecular weight is 352 g/mol. The van der Waals surface area contributed by atoms with E-state index in [0.29, 0.717) is 12.0 Å². The molecule has 0 radical (unpaired) electrons. The van der Waals surface area contributed by atoms with Gasteiger partial charge in [-0.05, 0) is 30.7 Å². The van der Waals surface area contributed by atoms with Gasteiger partial charge in [-0.25, -0.2) is 0 Å². The summed E-state index contributed by atoms with van der Waals surface area (Å²) < 4.78 is 5.30. The van der Waals surface area contributed by atoms with Crippen LogP contribution in [-0.4, -0.2) is 28.7 Å². The molecule has 2 unspecified atom stereocenters. The number of aliphatic hydroxyl groups excluding tert-OH is 1. The number of rotatable bonds is 4. The summed E-state index contributed by atoms with van der Waals surface area (Å²) in [4.78, 5) is 12.3. The first kappa shape index (κ1) is 19.6. The molecule has 0 heterocycles. The molecule has 0 bridgehead atoms. The number of carbonyl (C=O) groups is 1. The fourth-order valence-electron chi connectivity index (χ4n) is 2.49. The number of ketones is 1. The van der Waals surface area contributed by atoms with Crippen molar-refractivity contribution in [2.45, 2.75) is 25.0 Å². The molecule has 4 nitrogen and oxygen atoms in total. The van der Waals surface area contributed by atoms with E-state index in [1.165, 1.54) is 6.08 Å². The van der Waals surface area contributed by atoms with Gasteiger partial charge >= 0.3 is 0 Å². The molecule has 0 aromatic heterocycles. The lowest BCUT2D eigenvalue weighted by Crippen LogP contribution is -2.21. The standard InChI is InChI=1S/C15H14O2.C7H10O2/c1-17-15(13-10-6-3-7-11-13)14(16)12-8-4-2-5-9-12;1-7(9)4-2-6(8)3-5-7/h2-11,15H,1H3;2-4,8-9H,5H2,1H3. The molecule has 1 aliphatic rings. The van der Waals surface area contributed by atoms with Gasteiger partial charge in [-0.15, -0.1) is 0 Å². The van der Waals surface area contributed by atoms with Crippen molar-refractivity contribution in [3.8, 4) is 0 Å². The highest BCUT2D eigenvalue weighted by atomic mass is 16.5. The SMILES string of the molecule is CC1(O)C=CC(O)=CC1.COC(C(=O)c1ccccc1)c1ccccc1. The Labute approximate surface area is 154 Å². The van der Waals surface area contributed by atoms with Crippen LogP contribution in [0.1, 0.15) is 35.4 Å². The predicted octanol–water partition coefficient (Wildman–Crippen LogP) is 4.40. The maximum absolute atomic E-state index is 12.3. The van der Waals surface area contributed by atoms with Crippen molar-refractivity contribution in [3.05, 3.63) is 95.8 Å². The van der Waals surface area contributed by atoms with Gasteiger partial charge in [0.2, 0.25) is 0 Å². The van der Waals surface area contributed by atoms with Crippen molar-refractivity contribution < 1.29 is 19.7 Å². The third kappa shape index (κ3) is 5.69. The number of aliphatic hydroxyl groups is 2. The van der Waals surface area contributed by atoms with Gasteiger partial charge in [-0.1, -0.05) is 60.7 Å². The van der Waals surface area contributed by atoms with Crippen molar-refractivity contribution >= 4 is 5.78 Å². The molecule has 0 spiro atoms. The third-order valence-electron chi connectivity index (χ3n) is 3.97. The van der Waals surface area contributed by atoms with Gasteiger partial charge in [-0.2, -0.15) is 0 Å². The van der Waals surface area contributed by atoms with Crippen molar-refractivity contribution in [1.29, 1.82) is 0 Å². The maximum atomic E-state index is 12.3. The Morgan fingerprint density at radius 1 is 1.08 bits per heavy atom. The molecule has 26 heavy (non-hydrogen) atoms. The lowest BCUT2D eigenvalue weighted by molar-refractivity contribution is 0.0604. The molecule has 0 amide bonds. The fraction of sp³-hybridized carbons (Fsp3) is 0.227. The van der Waals surface area contributed by atoms with Crippen LogP contribution in [-0.2, 0) is 4.74 Å². The Hall–Kier alpha value is -2.69. The summed E-state index contributed by atoms with van der Waals surface area (Å²) in [7, 11) is 1.55. The molecule has 2 aromatic carbocycles. The molecule has 0 fully saturated rings. The summed E-state index contributed by atoms with van der Waals surface area (Å²) in [6.45, 7) is 1.70. The normalized spacial score (nSPS) is 19.7. The van der Waals surface area contributed by atoms with Crippen LogP contribution in [0.3, 0.4) is 0 Å². The summed E-state index contributed by atoms with van der Waals surface area (Å²) in [6.07, 6.45) is 4.65. The van der Waals surface area contributed by atoms with Gasteiger partial charge in [0.05, 0.1) is 5.60 Å². The molecule has 2 N–H and O–H groups in total. The topological polar surface area (TPSA) is 66.8 Å². The first-order chi connectivity index (χ1) is 12.4. The number of hydrogen-bond donors (Lipinski definition) is 2. The highest BCUT2D eigenvalue weighted by Gasteiger charge is 2.20. The van der Waals surface area contributed by atoms with Crippen LogP contribution in [0, 0.1) is 0 Å². The molecular weight excluding hydrogens is 328 g/mol. The number of benzene rings is 2. The van der Waals surface area contributed by atoms with E-state index in [9.17, 15) is 9.90 Å². The maximum Gasteiger partial charge on any atom is 0.196 e. The van der Waals surface area contributed by atoms with Crippen molar-refractivity contribution in [2.75, 3.05) is 7.11 Å². The zero-order valence-electron chi connectivity index (χ0n) is 15.0. The van der Waals surface area contributed by atoms with Crippen LogP contribution >= 0.6 is 0 Å². The second kappa shape index (κ2) is 9.13. The minimum absolute atomic E-state index is 0.0145. The lowest BCUT2D eigenvalue weighted by atomic mass is 9.97. The molecule has 0 aliphatic heterocycles. The van der Waals surface area contributed by atoms with Crippen molar-refractivity contribution in [1.82, 2.24) is 0 Å². The van der Waals surface area contributed by atoms with E-state index in [2.05, 4.69) is 0 Å². The molecule has 2 atom stereocenters.